The molecule has 14 heavy (non-hydrogen) atoms. The number of hydrogen-bond donors (Lipinski definition) is 5. The van der Waals surface area contributed by atoms with Crippen LogP contribution in [0.5, 0.6) is 0 Å². The Bertz CT molecular complexity index is 197. The SMILES string of the molecule is OCCCN[C@@H]1C=C[C@H](O)[C@H](O)[C@H]1O. The zero-order valence-electron chi connectivity index (χ0n) is 7.87. The van der Waals surface area contributed by atoms with Gasteiger partial charge in [-0.05, 0) is 13.0 Å². The topological polar surface area (TPSA) is 93.0 Å². The van der Waals surface area contributed by atoms with Crippen LogP contribution < -0.4 is 5.32 Å². The van der Waals surface area contributed by atoms with Crippen LogP contribution in [0.25, 0.3) is 0 Å². The first-order valence-electron chi connectivity index (χ1n) is 4.73. The maximum atomic E-state index is 9.52. The van der Waals surface area contributed by atoms with Crippen LogP contribution in [0.2, 0.25) is 0 Å². The summed E-state index contributed by atoms with van der Waals surface area (Å²) in [6.07, 6.45) is 0.518. The predicted octanol–water partition coefficient (Wildman–Crippen LogP) is -2.02. The Morgan fingerprint density at radius 2 is 1.79 bits per heavy atom. The normalized spacial score (nSPS) is 37.4. The number of nitrogens with one attached hydrogen (secondary N) is 1. The van der Waals surface area contributed by atoms with Gasteiger partial charge in [0.15, 0.2) is 0 Å². The van der Waals surface area contributed by atoms with E-state index in [2.05, 4.69) is 5.32 Å². The minimum atomic E-state index is -1.15. The van der Waals surface area contributed by atoms with Crippen molar-refractivity contribution in [2.24, 2.45) is 0 Å². The molecular weight excluding hydrogens is 186 g/mol. The minimum Gasteiger partial charge on any atom is -0.396 e. The molecule has 0 spiro atoms. The van der Waals surface area contributed by atoms with Crippen molar-refractivity contribution in [1.29, 1.82) is 0 Å². The smallest absolute Gasteiger partial charge is 0.111 e. The van der Waals surface area contributed by atoms with E-state index in [1.165, 1.54) is 6.08 Å². The molecule has 0 unspecified atom stereocenters. The van der Waals surface area contributed by atoms with E-state index in [-0.39, 0.29) is 12.6 Å². The van der Waals surface area contributed by atoms with Crippen molar-refractivity contribution in [3.8, 4) is 0 Å². The van der Waals surface area contributed by atoms with Crippen molar-refractivity contribution in [3.05, 3.63) is 12.2 Å². The minimum absolute atomic E-state index is 0.0880. The van der Waals surface area contributed by atoms with Gasteiger partial charge in [-0.15, -0.1) is 0 Å². The summed E-state index contributed by atoms with van der Waals surface area (Å²) in [6.45, 7) is 0.649. The van der Waals surface area contributed by atoms with E-state index in [1.54, 1.807) is 6.08 Å². The predicted molar refractivity (Wildman–Crippen MR) is 50.7 cm³/mol. The molecule has 1 aliphatic carbocycles. The zero-order valence-corrected chi connectivity index (χ0v) is 7.87. The van der Waals surface area contributed by atoms with Crippen LogP contribution in [0, 0.1) is 0 Å². The molecule has 0 radical (unpaired) electrons. The Labute approximate surface area is 82.7 Å². The van der Waals surface area contributed by atoms with E-state index in [0.29, 0.717) is 13.0 Å². The fraction of sp³-hybridized carbons (Fsp3) is 0.778. The molecule has 0 saturated carbocycles. The molecule has 1 aliphatic rings. The van der Waals surface area contributed by atoms with E-state index in [4.69, 9.17) is 5.11 Å². The third kappa shape index (κ3) is 2.76. The zero-order chi connectivity index (χ0) is 10.6. The second-order valence-electron chi connectivity index (χ2n) is 3.41. The highest BCUT2D eigenvalue weighted by Gasteiger charge is 2.32. The van der Waals surface area contributed by atoms with Crippen molar-refractivity contribution >= 4 is 0 Å². The van der Waals surface area contributed by atoms with E-state index < -0.39 is 18.3 Å². The van der Waals surface area contributed by atoms with Gasteiger partial charge in [0.1, 0.15) is 18.3 Å². The maximum absolute atomic E-state index is 9.52. The second-order valence-corrected chi connectivity index (χ2v) is 3.41. The van der Waals surface area contributed by atoms with Crippen LogP contribution >= 0.6 is 0 Å². The molecule has 0 amide bonds. The fourth-order valence-corrected chi connectivity index (χ4v) is 1.41. The lowest BCUT2D eigenvalue weighted by atomic mass is 9.94. The highest BCUT2D eigenvalue weighted by atomic mass is 16.4. The summed E-state index contributed by atoms with van der Waals surface area (Å²) in [4.78, 5) is 0. The van der Waals surface area contributed by atoms with Crippen molar-refractivity contribution < 1.29 is 20.4 Å². The number of aliphatic hydroxyl groups excluding tert-OH is 4. The Hall–Kier alpha value is -0.460. The molecule has 0 fully saturated rings. The van der Waals surface area contributed by atoms with Gasteiger partial charge in [-0.1, -0.05) is 12.2 Å². The lowest BCUT2D eigenvalue weighted by molar-refractivity contribution is -0.0565. The number of rotatable bonds is 4. The van der Waals surface area contributed by atoms with Gasteiger partial charge in [0.05, 0.1) is 6.04 Å². The molecule has 1 rings (SSSR count). The summed E-state index contributed by atoms with van der Waals surface area (Å²) >= 11 is 0. The maximum Gasteiger partial charge on any atom is 0.111 e. The molecule has 5 N–H and O–H groups in total. The average molecular weight is 203 g/mol. The van der Waals surface area contributed by atoms with Crippen molar-refractivity contribution in [1.82, 2.24) is 5.32 Å². The Balaban J connectivity index is 2.41. The van der Waals surface area contributed by atoms with Crippen LogP contribution in [-0.4, -0.2) is 57.9 Å². The van der Waals surface area contributed by atoms with Crippen LogP contribution in [-0.2, 0) is 0 Å². The second kappa shape index (κ2) is 5.43. The molecule has 5 nitrogen and oxygen atoms in total. The summed E-state index contributed by atoms with van der Waals surface area (Å²) in [5, 5.41) is 39.5. The first-order chi connectivity index (χ1) is 6.66. The van der Waals surface area contributed by atoms with Gasteiger partial charge in [-0.3, -0.25) is 0 Å². The van der Waals surface area contributed by atoms with E-state index in [1.807, 2.05) is 0 Å². The molecule has 0 bridgehead atoms. The van der Waals surface area contributed by atoms with Crippen molar-refractivity contribution in [2.45, 2.75) is 30.8 Å². The van der Waals surface area contributed by atoms with Gasteiger partial charge >= 0.3 is 0 Å². The number of aliphatic hydroxyl groups is 4. The Morgan fingerprint density at radius 1 is 1.07 bits per heavy atom. The molecule has 0 heterocycles. The van der Waals surface area contributed by atoms with Crippen LogP contribution in [0.1, 0.15) is 6.42 Å². The summed E-state index contributed by atoms with van der Waals surface area (Å²) < 4.78 is 0. The van der Waals surface area contributed by atoms with Crippen LogP contribution in [0.3, 0.4) is 0 Å². The molecule has 0 aliphatic heterocycles. The highest BCUT2D eigenvalue weighted by molar-refractivity contribution is 5.10. The van der Waals surface area contributed by atoms with E-state index in [9.17, 15) is 15.3 Å². The third-order valence-corrected chi connectivity index (χ3v) is 2.30. The van der Waals surface area contributed by atoms with Gasteiger partial charge in [-0.2, -0.15) is 0 Å². The Morgan fingerprint density at radius 3 is 2.43 bits per heavy atom. The molecule has 82 valence electrons. The monoisotopic (exact) mass is 203 g/mol. The summed E-state index contributed by atoms with van der Waals surface area (Å²) in [7, 11) is 0. The van der Waals surface area contributed by atoms with Crippen LogP contribution in [0.4, 0.5) is 0 Å². The van der Waals surface area contributed by atoms with Gasteiger partial charge in [0.25, 0.3) is 0 Å². The average Bonchev–Trinajstić information content (AvgIpc) is 2.18. The third-order valence-electron chi connectivity index (χ3n) is 2.30. The molecule has 0 aromatic rings. The van der Waals surface area contributed by atoms with E-state index in [0.717, 1.165) is 0 Å². The van der Waals surface area contributed by atoms with Gasteiger partial charge in [0.2, 0.25) is 0 Å². The van der Waals surface area contributed by atoms with Gasteiger partial charge < -0.3 is 25.7 Å². The van der Waals surface area contributed by atoms with Gasteiger partial charge in [0, 0.05) is 6.61 Å². The van der Waals surface area contributed by atoms with E-state index >= 15 is 0 Å². The molecule has 0 saturated heterocycles. The molecule has 0 aromatic heterocycles. The standard InChI is InChI=1S/C9H17NO4/c11-5-1-4-10-6-2-3-7(12)9(14)8(6)13/h2-3,6-14H,1,4-5H2/t6-,7+,8+,9+/m1/s1. The van der Waals surface area contributed by atoms with Gasteiger partial charge in [-0.25, -0.2) is 0 Å². The number of hydrogen-bond acceptors (Lipinski definition) is 5. The first kappa shape index (κ1) is 11.6. The lowest BCUT2D eigenvalue weighted by Crippen LogP contribution is -2.52. The van der Waals surface area contributed by atoms with Crippen molar-refractivity contribution in [2.75, 3.05) is 13.2 Å². The first-order valence-corrected chi connectivity index (χ1v) is 4.73. The molecular formula is C9H17NO4. The summed E-state index contributed by atoms with van der Waals surface area (Å²) in [5.41, 5.74) is 0. The quantitative estimate of drug-likeness (QED) is 0.269. The Kier molecular flexibility index (Phi) is 4.50. The highest BCUT2D eigenvalue weighted by Crippen LogP contribution is 2.13. The lowest BCUT2D eigenvalue weighted by Gasteiger charge is -2.31. The largest absolute Gasteiger partial charge is 0.396 e. The van der Waals surface area contributed by atoms with Crippen molar-refractivity contribution in [3.63, 3.8) is 0 Å². The fourth-order valence-electron chi connectivity index (χ4n) is 1.41. The summed E-state index contributed by atoms with van der Waals surface area (Å²) in [5.74, 6) is 0. The summed E-state index contributed by atoms with van der Waals surface area (Å²) in [6, 6.07) is -0.361. The molecule has 5 heteroatoms. The van der Waals surface area contributed by atoms with Crippen LogP contribution in [0.15, 0.2) is 12.2 Å². The molecule has 0 aromatic carbocycles. The molecule has 4 atom stereocenters.